The Balaban J connectivity index is 1.55. The summed E-state index contributed by atoms with van der Waals surface area (Å²) < 4.78 is 10.5. The summed E-state index contributed by atoms with van der Waals surface area (Å²) in [4.78, 5) is 26.9. The Labute approximate surface area is 150 Å². The van der Waals surface area contributed by atoms with E-state index < -0.39 is 0 Å². The molecule has 2 N–H and O–H groups in total. The quantitative estimate of drug-likeness (QED) is 0.684. The standard InChI is InChI=1S/C20H20N2O4/c1-25-17-8-7-14-11-15(20(24)22-18(14)12-17)9-10-21-19(23)13-26-16-5-3-2-4-6-16/h2-8,11-12H,9-10,13H2,1H3,(H,21,23)(H,22,24). The van der Waals surface area contributed by atoms with Gasteiger partial charge < -0.3 is 19.8 Å². The van der Waals surface area contributed by atoms with Crippen molar-refractivity contribution in [3.8, 4) is 11.5 Å². The van der Waals surface area contributed by atoms with E-state index >= 15 is 0 Å². The van der Waals surface area contributed by atoms with Crippen LogP contribution in [0, 0.1) is 0 Å². The summed E-state index contributed by atoms with van der Waals surface area (Å²) in [5.74, 6) is 1.10. The number of carbonyl (C=O) groups excluding carboxylic acids is 1. The molecule has 0 saturated carbocycles. The van der Waals surface area contributed by atoms with Crippen molar-refractivity contribution >= 4 is 16.8 Å². The van der Waals surface area contributed by atoms with Crippen LogP contribution in [0.25, 0.3) is 10.9 Å². The molecule has 1 heterocycles. The minimum absolute atomic E-state index is 0.0577. The first-order valence-corrected chi connectivity index (χ1v) is 8.30. The number of rotatable bonds is 7. The number of benzene rings is 2. The smallest absolute Gasteiger partial charge is 0.257 e. The first kappa shape index (κ1) is 17.5. The highest BCUT2D eigenvalue weighted by atomic mass is 16.5. The molecule has 3 rings (SSSR count). The number of pyridine rings is 1. The highest BCUT2D eigenvalue weighted by Gasteiger charge is 2.06. The minimum Gasteiger partial charge on any atom is -0.497 e. The van der Waals surface area contributed by atoms with Gasteiger partial charge in [0.2, 0.25) is 0 Å². The van der Waals surface area contributed by atoms with Gasteiger partial charge in [0.05, 0.1) is 12.6 Å². The SMILES string of the molecule is COc1ccc2cc(CCNC(=O)COc3ccccc3)c(=O)[nH]c2c1. The minimum atomic E-state index is -0.226. The van der Waals surface area contributed by atoms with Crippen molar-refractivity contribution in [2.75, 3.05) is 20.3 Å². The molecule has 0 saturated heterocycles. The lowest BCUT2D eigenvalue weighted by Gasteiger charge is -2.08. The van der Waals surface area contributed by atoms with Crippen LogP contribution in [-0.4, -0.2) is 31.2 Å². The van der Waals surface area contributed by atoms with E-state index in [2.05, 4.69) is 10.3 Å². The molecule has 0 aliphatic heterocycles. The predicted octanol–water partition coefficient (Wildman–Crippen LogP) is 2.27. The van der Waals surface area contributed by atoms with Crippen molar-refractivity contribution < 1.29 is 14.3 Å². The van der Waals surface area contributed by atoms with Gasteiger partial charge in [-0.3, -0.25) is 9.59 Å². The van der Waals surface area contributed by atoms with Crippen LogP contribution in [0.1, 0.15) is 5.56 Å². The monoisotopic (exact) mass is 352 g/mol. The van der Waals surface area contributed by atoms with Gasteiger partial charge in [-0.25, -0.2) is 0 Å². The number of carbonyl (C=O) groups is 1. The van der Waals surface area contributed by atoms with Crippen LogP contribution in [0.4, 0.5) is 0 Å². The molecule has 6 nitrogen and oxygen atoms in total. The summed E-state index contributed by atoms with van der Waals surface area (Å²) in [7, 11) is 1.58. The van der Waals surface area contributed by atoms with Gasteiger partial charge in [-0.2, -0.15) is 0 Å². The van der Waals surface area contributed by atoms with Gasteiger partial charge in [-0.05, 0) is 42.1 Å². The van der Waals surface area contributed by atoms with Crippen molar-refractivity contribution in [1.82, 2.24) is 10.3 Å². The third kappa shape index (κ3) is 4.42. The molecule has 1 aromatic heterocycles. The van der Waals surface area contributed by atoms with Crippen molar-refractivity contribution in [3.63, 3.8) is 0 Å². The fourth-order valence-electron chi connectivity index (χ4n) is 2.59. The molecule has 0 aliphatic carbocycles. The summed E-state index contributed by atoms with van der Waals surface area (Å²) in [5.41, 5.74) is 1.17. The summed E-state index contributed by atoms with van der Waals surface area (Å²) >= 11 is 0. The third-order valence-corrected chi connectivity index (χ3v) is 3.96. The van der Waals surface area contributed by atoms with Crippen LogP contribution in [-0.2, 0) is 11.2 Å². The van der Waals surface area contributed by atoms with Crippen LogP contribution in [0.5, 0.6) is 11.5 Å². The molecule has 0 atom stereocenters. The summed E-state index contributed by atoms with van der Waals surface area (Å²) in [6.45, 7) is 0.305. The third-order valence-electron chi connectivity index (χ3n) is 3.96. The number of H-pyrrole nitrogens is 1. The van der Waals surface area contributed by atoms with Crippen molar-refractivity contribution in [1.29, 1.82) is 0 Å². The van der Waals surface area contributed by atoms with E-state index in [1.807, 2.05) is 36.4 Å². The Morgan fingerprint density at radius 1 is 1.08 bits per heavy atom. The first-order chi connectivity index (χ1) is 12.7. The molecule has 134 valence electrons. The number of para-hydroxylation sites is 1. The largest absolute Gasteiger partial charge is 0.497 e. The van der Waals surface area contributed by atoms with Gasteiger partial charge >= 0.3 is 0 Å². The lowest BCUT2D eigenvalue weighted by molar-refractivity contribution is -0.123. The maximum Gasteiger partial charge on any atom is 0.257 e. The molecule has 3 aromatic rings. The Hall–Kier alpha value is -3.28. The Morgan fingerprint density at radius 2 is 1.88 bits per heavy atom. The molecule has 2 aromatic carbocycles. The highest BCUT2D eigenvalue weighted by molar-refractivity contribution is 5.80. The fourth-order valence-corrected chi connectivity index (χ4v) is 2.59. The molecule has 0 fully saturated rings. The Morgan fingerprint density at radius 3 is 2.65 bits per heavy atom. The molecule has 0 spiro atoms. The van der Waals surface area contributed by atoms with Gasteiger partial charge in [0, 0.05) is 18.2 Å². The maximum atomic E-state index is 12.2. The van der Waals surface area contributed by atoms with E-state index in [1.165, 1.54) is 0 Å². The van der Waals surface area contributed by atoms with Gasteiger partial charge in [-0.1, -0.05) is 18.2 Å². The normalized spacial score (nSPS) is 10.5. The molecule has 1 amide bonds. The van der Waals surface area contributed by atoms with Crippen molar-refractivity contribution in [2.45, 2.75) is 6.42 Å². The number of aromatic amines is 1. The maximum absolute atomic E-state index is 12.2. The average molecular weight is 352 g/mol. The van der Waals surface area contributed by atoms with E-state index in [1.54, 1.807) is 25.3 Å². The predicted molar refractivity (Wildman–Crippen MR) is 99.8 cm³/mol. The molecule has 6 heteroatoms. The second kappa shape index (κ2) is 8.20. The van der Waals surface area contributed by atoms with Crippen LogP contribution >= 0.6 is 0 Å². The van der Waals surface area contributed by atoms with Crippen molar-refractivity contribution in [2.24, 2.45) is 0 Å². The lowest BCUT2D eigenvalue weighted by Crippen LogP contribution is -2.31. The van der Waals surface area contributed by atoms with Gasteiger partial charge in [0.15, 0.2) is 6.61 Å². The lowest BCUT2D eigenvalue weighted by atomic mass is 10.1. The van der Waals surface area contributed by atoms with Crippen LogP contribution < -0.4 is 20.3 Å². The van der Waals surface area contributed by atoms with Crippen molar-refractivity contribution in [3.05, 3.63) is 70.5 Å². The number of amides is 1. The topological polar surface area (TPSA) is 80.4 Å². The first-order valence-electron chi connectivity index (χ1n) is 8.30. The van der Waals surface area contributed by atoms with Crippen LogP contribution in [0.15, 0.2) is 59.4 Å². The molecular weight excluding hydrogens is 332 g/mol. The summed E-state index contributed by atoms with van der Waals surface area (Å²) in [5, 5.41) is 3.67. The number of ether oxygens (including phenoxy) is 2. The second-order valence-electron chi connectivity index (χ2n) is 5.78. The zero-order chi connectivity index (χ0) is 18.4. The number of hydrogen-bond acceptors (Lipinski definition) is 4. The molecule has 0 bridgehead atoms. The highest BCUT2D eigenvalue weighted by Crippen LogP contribution is 2.18. The van der Waals surface area contributed by atoms with E-state index in [4.69, 9.17) is 9.47 Å². The Bertz CT molecular complexity index is 951. The summed E-state index contributed by atoms with van der Waals surface area (Å²) in [6.07, 6.45) is 0.439. The zero-order valence-electron chi connectivity index (χ0n) is 14.5. The number of methoxy groups -OCH3 is 1. The van der Waals surface area contributed by atoms with E-state index in [9.17, 15) is 9.59 Å². The van der Waals surface area contributed by atoms with Gasteiger partial charge in [0.25, 0.3) is 11.5 Å². The molecule has 26 heavy (non-hydrogen) atoms. The van der Waals surface area contributed by atoms with Crippen LogP contribution in [0.2, 0.25) is 0 Å². The number of hydrogen-bond donors (Lipinski definition) is 2. The van der Waals surface area contributed by atoms with E-state index in [0.29, 0.717) is 30.0 Å². The van der Waals surface area contributed by atoms with E-state index in [-0.39, 0.29) is 18.1 Å². The number of aromatic nitrogens is 1. The van der Waals surface area contributed by atoms with E-state index in [0.717, 1.165) is 10.9 Å². The van der Waals surface area contributed by atoms with Crippen LogP contribution in [0.3, 0.4) is 0 Å². The Kier molecular flexibility index (Phi) is 5.53. The number of nitrogens with one attached hydrogen (secondary N) is 2. The molecule has 0 radical (unpaired) electrons. The fraction of sp³-hybridized carbons (Fsp3) is 0.200. The zero-order valence-corrected chi connectivity index (χ0v) is 14.5. The second-order valence-corrected chi connectivity index (χ2v) is 5.78. The summed E-state index contributed by atoms with van der Waals surface area (Å²) in [6, 6.07) is 16.5. The van der Waals surface area contributed by atoms with Gasteiger partial charge in [0.1, 0.15) is 11.5 Å². The molecule has 0 unspecified atom stereocenters. The molecule has 0 aliphatic rings. The molecular formula is C20H20N2O4. The van der Waals surface area contributed by atoms with Gasteiger partial charge in [-0.15, -0.1) is 0 Å². The average Bonchev–Trinajstić information content (AvgIpc) is 2.67. The number of fused-ring (bicyclic) bond motifs is 1.